The Bertz CT molecular complexity index is 1600. The third kappa shape index (κ3) is 5.60. The number of amides is 2. The van der Waals surface area contributed by atoms with Crippen LogP contribution in [0.5, 0.6) is 0 Å². The van der Waals surface area contributed by atoms with Crippen LogP contribution in [0.15, 0.2) is 29.2 Å². The number of aromatic nitrogens is 3. The number of fused-ring (bicyclic) bond motifs is 1. The van der Waals surface area contributed by atoms with Gasteiger partial charge in [0.2, 0.25) is 17.8 Å². The molecule has 0 saturated carbocycles. The Balaban J connectivity index is 1.51. The summed E-state index contributed by atoms with van der Waals surface area (Å²) in [7, 11) is -3.36. The minimum Gasteiger partial charge on any atom is -0.462 e. The van der Waals surface area contributed by atoms with Gasteiger partial charge in [-0.3, -0.25) is 19.8 Å². The maximum Gasteiger partial charge on any atom is 0.350 e. The van der Waals surface area contributed by atoms with E-state index in [0.29, 0.717) is 46.0 Å². The van der Waals surface area contributed by atoms with E-state index in [1.807, 2.05) is 0 Å². The van der Waals surface area contributed by atoms with Gasteiger partial charge in [0.05, 0.1) is 36.7 Å². The molecule has 2 N–H and O–H groups in total. The molecule has 0 spiro atoms. The highest BCUT2D eigenvalue weighted by Gasteiger charge is 2.35. The van der Waals surface area contributed by atoms with Crippen molar-refractivity contribution in [3.8, 4) is 0 Å². The summed E-state index contributed by atoms with van der Waals surface area (Å²) in [6.07, 6.45) is 1.18. The summed E-state index contributed by atoms with van der Waals surface area (Å²) in [6.45, 7) is 4.83. The molecular formula is C25H27N7O6S2. The van der Waals surface area contributed by atoms with Gasteiger partial charge in [-0.2, -0.15) is 9.97 Å². The number of thiazole rings is 1. The lowest BCUT2D eigenvalue weighted by Gasteiger charge is -2.29. The Morgan fingerprint density at radius 3 is 2.55 bits per heavy atom. The summed E-state index contributed by atoms with van der Waals surface area (Å²) in [6, 6.07) is 6.33. The van der Waals surface area contributed by atoms with Crippen LogP contribution in [0.25, 0.3) is 0 Å². The largest absolute Gasteiger partial charge is 0.462 e. The van der Waals surface area contributed by atoms with Gasteiger partial charge < -0.3 is 15.0 Å². The Kier molecular flexibility index (Phi) is 7.42. The van der Waals surface area contributed by atoms with E-state index in [-0.39, 0.29) is 48.8 Å². The molecule has 13 nitrogen and oxygen atoms in total. The van der Waals surface area contributed by atoms with Crippen LogP contribution < -0.4 is 20.4 Å². The third-order valence-corrected chi connectivity index (χ3v) is 8.54. The summed E-state index contributed by atoms with van der Waals surface area (Å²) < 4.78 is 28.8. The smallest absolute Gasteiger partial charge is 0.350 e. The second-order valence-electron chi connectivity index (χ2n) is 9.30. The van der Waals surface area contributed by atoms with Crippen LogP contribution >= 0.6 is 11.3 Å². The lowest BCUT2D eigenvalue weighted by atomic mass is 10.2. The van der Waals surface area contributed by atoms with Crippen LogP contribution in [0.2, 0.25) is 0 Å². The second kappa shape index (κ2) is 10.8. The Morgan fingerprint density at radius 2 is 1.88 bits per heavy atom. The minimum absolute atomic E-state index is 0.0495. The van der Waals surface area contributed by atoms with E-state index < -0.39 is 15.8 Å². The Morgan fingerprint density at radius 1 is 1.15 bits per heavy atom. The number of benzene rings is 1. The first-order valence-electron chi connectivity index (χ1n) is 12.5. The van der Waals surface area contributed by atoms with E-state index in [1.165, 1.54) is 17.0 Å². The van der Waals surface area contributed by atoms with Crippen LogP contribution in [-0.4, -0.2) is 73.7 Å². The van der Waals surface area contributed by atoms with E-state index in [4.69, 9.17) is 4.74 Å². The van der Waals surface area contributed by atoms with E-state index in [1.54, 1.807) is 30.9 Å². The van der Waals surface area contributed by atoms with Crippen molar-refractivity contribution in [2.45, 2.75) is 31.7 Å². The van der Waals surface area contributed by atoms with Gasteiger partial charge in [0, 0.05) is 24.9 Å². The molecule has 2 aliphatic rings. The molecule has 210 valence electrons. The van der Waals surface area contributed by atoms with Gasteiger partial charge in [-0.1, -0.05) is 23.5 Å². The first-order valence-corrected chi connectivity index (χ1v) is 15.2. The highest BCUT2D eigenvalue weighted by Crippen LogP contribution is 2.37. The average molecular weight is 586 g/mol. The number of aryl methyl sites for hydroxylation is 1. The first kappa shape index (κ1) is 27.5. The molecule has 2 aliphatic heterocycles. The summed E-state index contributed by atoms with van der Waals surface area (Å²) in [5.74, 6) is 0.162. The molecular weight excluding hydrogens is 558 g/mol. The molecule has 2 amide bonds. The molecule has 0 atom stereocenters. The molecule has 2 aromatic heterocycles. The standard InChI is InChI=1S/C25H27N7O6S2/c1-4-38-23(35)20-14(2)27-25(39-20)30-24-28-21(31-10-9-26-18(33)13-31)17-11-19(34)32(22(17)29-24)12-15-5-7-16(8-6-15)40(3,36)37/h5-8H,4,9-13H2,1-3H3,(H,26,33)(H,27,28,29,30). The zero-order valence-electron chi connectivity index (χ0n) is 22.1. The van der Waals surface area contributed by atoms with E-state index in [0.717, 1.165) is 23.2 Å². The van der Waals surface area contributed by atoms with Crippen LogP contribution in [0.3, 0.4) is 0 Å². The topological polar surface area (TPSA) is 164 Å². The number of hydrogen-bond donors (Lipinski definition) is 2. The lowest BCUT2D eigenvalue weighted by Crippen LogP contribution is -2.48. The summed E-state index contributed by atoms with van der Waals surface area (Å²) in [4.78, 5) is 55.2. The Labute approximate surface area is 234 Å². The normalized spacial score (nSPS) is 15.2. The SMILES string of the molecule is CCOC(=O)c1sc(Nc2nc(N3CCNC(=O)C3)c3c(n2)N(Cc2ccc(S(C)(=O)=O)cc2)C(=O)C3)nc1C. The molecule has 1 aromatic carbocycles. The van der Waals surface area contributed by atoms with Crippen molar-refractivity contribution in [3.63, 3.8) is 0 Å². The van der Waals surface area contributed by atoms with E-state index in [2.05, 4.69) is 25.6 Å². The van der Waals surface area contributed by atoms with Crippen LogP contribution in [-0.2, 0) is 37.1 Å². The van der Waals surface area contributed by atoms with Crippen molar-refractivity contribution < 1.29 is 27.5 Å². The van der Waals surface area contributed by atoms with Gasteiger partial charge >= 0.3 is 5.97 Å². The number of ether oxygens (including phenoxy) is 1. The number of carbonyl (C=O) groups is 3. The van der Waals surface area contributed by atoms with Crippen molar-refractivity contribution in [2.75, 3.05) is 47.6 Å². The monoisotopic (exact) mass is 585 g/mol. The third-order valence-electron chi connectivity index (χ3n) is 6.35. The fourth-order valence-corrected chi connectivity index (χ4v) is 5.95. The number of sulfone groups is 1. The fraction of sp³-hybridized carbons (Fsp3) is 0.360. The van der Waals surface area contributed by atoms with Crippen molar-refractivity contribution in [1.82, 2.24) is 20.3 Å². The molecule has 1 fully saturated rings. The van der Waals surface area contributed by atoms with Crippen LogP contribution in [0.1, 0.15) is 33.4 Å². The number of nitrogens with zero attached hydrogens (tertiary/aromatic N) is 5. The van der Waals surface area contributed by atoms with Gasteiger partial charge in [0.15, 0.2) is 15.0 Å². The van der Waals surface area contributed by atoms with E-state index >= 15 is 0 Å². The van der Waals surface area contributed by atoms with Gasteiger partial charge in [0.25, 0.3) is 0 Å². The summed E-state index contributed by atoms with van der Waals surface area (Å²) in [5.41, 5.74) is 1.81. The average Bonchev–Trinajstić information content (AvgIpc) is 3.42. The van der Waals surface area contributed by atoms with Crippen molar-refractivity contribution in [1.29, 1.82) is 0 Å². The quantitative estimate of drug-likeness (QED) is 0.369. The van der Waals surface area contributed by atoms with Crippen LogP contribution in [0.4, 0.5) is 22.7 Å². The summed E-state index contributed by atoms with van der Waals surface area (Å²) in [5, 5.41) is 6.21. The van der Waals surface area contributed by atoms with Gasteiger partial charge in [-0.05, 0) is 31.5 Å². The number of esters is 1. The number of carbonyl (C=O) groups excluding carboxylic acids is 3. The first-order chi connectivity index (χ1) is 19.0. The molecule has 0 radical (unpaired) electrons. The predicted octanol–water partition coefficient (Wildman–Crippen LogP) is 1.59. The molecule has 1 saturated heterocycles. The summed E-state index contributed by atoms with van der Waals surface area (Å²) >= 11 is 1.10. The maximum absolute atomic E-state index is 13.2. The molecule has 3 aromatic rings. The van der Waals surface area contributed by atoms with Crippen molar-refractivity contribution >= 4 is 61.7 Å². The van der Waals surface area contributed by atoms with Crippen molar-refractivity contribution in [3.05, 3.63) is 46.0 Å². The Hall–Kier alpha value is -4.11. The molecule has 15 heteroatoms. The number of anilines is 4. The molecule has 5 rings (SSSR count). The van der Waals surface area contributed by atoms with E-state index in [9.17, 15) is 22.8 Å². The van der Waals surface area contributed by atoms with Gasteiger partial charge in [0.1, 0.15) is 16.5 Å². The fourth-order valence-electron chi connectivity index (χ4n) is 4.46. The molecule has 0 aliphatic carbocycles. The van der Waals surface area contributed by atoms with Gasteiger partial charge in [-0.25, -0.2) is 18.2 Å². The lowest BCUT2D eigenvalue weighted by molar-refractivity contribution is -0.120. The molecule has 0 bridgehead atoms. The highest BCUT2D eigenvalue weighted by molar-refractivity contribution is 7.90. The second-order valence-corrected chi connectivity index (χ2v) is 12.3. The maximum atomic E-state index is 13.2. The van der Waals surface area contributed by atoms with Gasteiger partial charge in [-0.15, -0.1) is 0 Å². The van der Waals surface area contributed by atoms with Crippen LogP contribution in [0, 0.1) is 6.92 Å². The number of piperazine rings is 1. The zero-order chi connectivity index (χ0) is 28.6. The van der Waals surface area contributed by atoms with Crippen molar-refractivity contribution in [2.24, 2.45) is 0 Å². The highest BCUT2D eigenvalue weighted by atomic mass is 32.2. The molecule has 4 heterocycles. The number of hydrogen-bond acceptors (Lipinski definition) is 12. The zero-order valence-corrected chi connectivity index (χ0v) is 23.7. The predicted molar refractivity (Wildman–Crippen MR) is 148 cm³/mol. The molecule has 0 unspecified atom stereocenters. The molecule has 40 heavy (non-hydrogen) atoms. The number of rotatable bonds is 8. The number of nitrogens with one attached hydrogen (secondary N) is 2. The minimum atomic E-state index is -3.36.